The van der Waals surface area contributed by atoms with Crippen LogP contribution in [-0.4, -0.2) is 15.8 Å². The summed E-state index contributed by atoms with van der Waals surface area (Å²) in [4.78, 5) is 0. The molecule has 0 aliphatic rings. The lowest BCUT2D eigenvalue weighted by Crippen LogP contribution is -2.08. The normalized spacial score (nSPS) is 14.2. The first-order chi connectivity index (χ1) is 6.88. The molecule has 0 aromatic carbocycles. The molecule has 0 radical (unpaired) electrons. The second kappa shape index (κ2) is 4.70. The molecule has 0 aliphatic carbocycles. The van der Waals surface area contributed by atoms with Gasteiger partial charge in [0.1, 0.15) is 0 Å². The molecular formula is C10H14F3NO. The van der Waals surface area contributed by atoms with Gasteiger partial charge >= 0.3 is 6.18 Å². The minimum absolute atomic E-state index is 0.0669. The van der Waals surface area contributed by atoms with Crippen molar-refractivity contribution in [3.05, 3.63) is 24.0 Å². The van der Waals surface area contributed by atoms with Gasteiger partial charge in [-0.3, -0.25) is 0 Å². The highest BCUT2D eigenvalue weighted by Crippen LogP contribution is 2.22. The Labute approximate surface area is 86.3 Å². The average Bonchev–Trinajstić information content (AvgIpc) is 2.50. The van der Waals surface area contributed by atoms with Crippen molar-refractivity contribution in [2.75, 3.05) is 0 Å². The van der Waals surface area contributed by atoms with Crippen LogP contribution in [0.25, 0.3) is 0 Å². The van der Waals surface area contributed by atoms with E-state index in [1.807, 2.05) is 0 Å². The fourth-order valence-electron chi connectivity index (χ4n) is 1.31. The molecule has 1 N–H and O–H groups in total. The summed E-state index contributed by atoms with van der Waals surface area (Å²) in [7, 11) is 0. The largest absolute Gasteiger partial charge is 0.389 e. The Morgan fingerprint density at radius 3 is 2.60 bits per heavy atom. The summed E-state index contributed by atoms with van der Waals surface area (Å²) in [5.41, 5.74) is 0.724. The molecule has 1 aromatic heterocycles. The van der Waals surface area contributed by atoms with Gasteiger partial charge in [0.15, 0.2) is 0 Å². The fourth-order valence-corrected chi connectivity index (χ4v) is 1.31. The van der Waals surface area contributed by atoms with Crippen molar-refractivity contribution in [2.24, 2.45) is 0 Å². The maximum atomic E-state index is 11.8. The van der Waals surface area contributed by atoms with Gasteiger partial charge in [-0.15, -0.1) is 0 Å². The quantitative estimate of drug-likeness (QED) is 0.830. The van der Waals surface area contributed by atoms with Gasteiger partial charge in [-0.1, -0.05) is 0 Å². The molecule has 1 rings (SSSR count). The summed E-state index contributed by atoms with van der Waals surface area (Å²) in [6.07, 6.45) is -2.01. The minimum Gasteiger partial charge on any atom is -0.389 e. The molecule has 1 heterocycles. The molecule has 0 saturated heterocycles. The molecule has 1 atom stereocenters. The molecule has 0 saturated carbocycles. The first kappa shape index (κ1) is 12.1. The number of rotatable bonds is 4. The van der Waals surface area contributed by atoms with Crippen LogP contribution in [0, 0.1) is 0 Å². The molecule has 1 aromatic rings. The van der Waals surface area contributed by atoms with E-state index < -0.39 is 18.7 Å². The van der Waals surface area contributed by atoms with Crippen LogP contribution in [-0.2, 0) is 6.54 Å². The van der Waals surface area contributed by atoms with Crippen LogP contribution in [0.4, 0.5) is 13.2 Å². The number of aliphatic hydroxyl groups excluding tert-OH is 1. The predicted molar refractivity (Wildman–Crippen MR) is 50.4 cm³/mol. The van der Waals surface area contributed by atoms with Gasteiger partial charge in [0.2, 0.25) is 0 Å². The van der Waals surface area contributed by atoms with Crippen LogP contribution in [0.5, 0.6) is 0 Å². The van der Waals surface area contributed by atoms with E-state index in [9.17, 15) is 18.3 Å². The number of aromatic nitrogens is 1. The van der Waals surface area contributed by atoms with Crippen molar-refractivity contribution in [3.63, 3.8) is 0 Å². The molecule has 0 bridgehead atoms. The summed E-state index contributed by atoms with van der Waals surface area (Å²) in [6, 6.07) is 1.71. The molecule has 86 valence electrons. The van der Waals surface area contributed by atoms with E-state index in [-0.39, 0.29) is 6.42 Å². The fraction of sp³-hybridized carbons (Fsp3) is 0.600. The summed E-state index contributed by atoms with van der Waals surface area (Å²) < 4.78 is 37.2. The number of hydrogen-bond acceptors (Lipinski definition) is 1. The standard InChI is InChI=1S/C10H14F3NO/c1-8(15)9-3-6-14(7-9)5-2-4-10(11,12)13/h3,6-8,15H,2,4-5H2,1H3. The van der Waals surface area contributed by atoms with E-state index in [2.05, 4.69) is 0 Å². The average molecular weight is 221 g/mol. The SMILES string of the molecule is CC(O)c1ccn(CCCC(F)(F)F)c1. The Kier molecular flexibility index (Phi) is 3.79. The van der Waals surface area contributed by atoms with E-state index in [0.717, 1.165) is 5.56 Å². The summed E-state index contributed by atoms with van der Waals surface area (Å²) in [6.45, 7) is 1.95. The van der Waals surface area contributed by atoms with Gasteiger partial charge in [0, 0.05) is 25.4 Å². The lowest BCUT2D eigenvalue weighted by Gasteiger charge is -2.06. The number of aryl methyl sites for hydroxylation is 1. The number of hydrogen-bond donors (Lipinski definition) is 1. The van der Waals surface area contributed by atoms with Crippen LogP contribution in [0.1, 0.15) is 31.4 Å². The van der Waals surface area contributed by atoms with Crippen molar-refractivity contribution in [1.82, 2.24) is 4.57 Å². The monoisotopic (exact) mass is 221 g/mol. The highest BCUT2D eigenvalue weighted by atomic mass is 19.4. The van der Waals surface area contributed by atoms with Crippen LogP contribution < -0.4 is 0 Å². The van der Waals surface area contributed by atoms with Crippen LogP contribution >= 0.6 is 0 Å². The van der Waals surface area contributed by atoms with Gasteiger partial charge < -0.3 is 9.67 Å². The van der Waals surface area contributed by atoms with Gasteiger partial charge in [0.05, 0.1) is 6.10 Å². The Morgan fingerprint density at radius 2 is 2.13 bits per heavy atom. The molecule has 0 amide bonds. The van der Waals surface area contributed by atoms with E-state index in [1.54, 1.807) is 30.0 Å². The number of aliphatic hydroxyl groups is 1. The van der Waals surface area contributed by atoms with Crippen molar-refractivity contribution in [2.45, 2.75) is 38.6 Å². The van der Waals surface area contributed by atoms with E-state index in [1.165, 1.54) is 0 Å². The zero-order valence-corrected chi connectivity index (χ0v) is 8.46. The molecule has 15 heavy (non-hydrogen) atoms. The van der Waals surface area contributed by atoms with Gasteiger partial charge in [-0.2, -0.15) is 13.2 Å². The smallest absolute Gasteiger partial charge is 0.389 e. The highest BCUT2D eigenvalue weighted by Gasteiger charge is 2.25. The molecule has 0 spiro atoms. The lowest BCUT2D eigenvalue weighted by atomic mass is 10.2. The van der Waals surface area contributed by atoms with E-state index in [4.69, 9.17) is 0 Å². The number of nitrogens with zero attached hydrogens (tertiary/aromatic N) is 1. The number of halogens is 3. The molecular weight excluding hydrogens is 207 g/mol. The van der Waals surface area contributed by atoms with Gasteiger partial charge in [-0.25, -0.2) is 0 Å². The summed E-state index contributed by atoms with van der Waals surface area (Å²) in [5.74, 6) is 0. The van der Waals surface area contributed by atoms with Crippen molar-refractivity contribution < 1.29 is 18.3 Å². The van der Waals surface area contributed by atoms with E-state index >= 15 is 0 Å². The third kappa shape index (κ3) is 4.38. The Balaban J connectivity index is 2.38. The van der Waals surface area contributed by atoms with Crippen molar-refractivity contribution in [3.8, 4) is 0 Å². The maximum Gasteiger partial charge on any atom is 0.389 e. The number of alkyl halides is 3. The predicted octanol–water partition coefficient (Wildman–Crippen LogP) is 2.88. The molecule has 0 fully saturated rings. The van der Waals surface area contributed by atoms with E-state index in [0.29, 0.717) is 6.54 Å². The second-order valence-corrected chi connectivity index (χ2v) is 3.58. The zero-order chi connectivity index (χ0) is 11.5. The highest BCUT2D eigenvalue weighted by molar-refractivity contribution is 5.12. The van der Waals surface area contributed by atoms with Crippen LogP contribution in [0.15, 0.2) is 18.5 Å². The molecule has 1 unspecified atom stereocenters. The third-order valence-electron chi connectivity index (χ3n) is 2.13. The summed E-state index contributed by atoms with van der Waals surface area (Å²) in [5, 5.41) is 9.20. The topological polar surface area (TPSA) is 25.2 Å². The molecule has 0 aliphatic heterocycles. The van der Waals surface area contributed by atoms with Crippen LogP contribution in [0.2, 0.25) is 0 Å². The Morgan fingerprint density at radius 1 is 1.47 bits per heavy atom. The molecule has 2 nitrogen and oxygen atoms in total. The minimum atomic E-state index is -4.08. The second-order valence-electron chi connectivity index (χ2n) is 3.58. The van der Waals surface area contributed by atoms with Gasteiger partial charge in [-0.05, 0) is 25.0 Å². The molecule has 5 heteroatoms. The Bertz CT molecular complexity index is 304. The summed E-state index contributed by atoms with van der Waals surface area (Å²) >= 11 is 0. The van der Waals surface area contributed by atoms with Crippen molar-refractivity contribution in [1.29, 1.82) is 0 Å². The maximum absolute atomic E-state index is 11.8. The first-order valence-electron chi connectivity index (χ1n) is 4.79. The van der Waals surface area contributed by atoms with Gasteiger partial charge in [0.25, 0.3) is 0 Å². The third-order valence-corrected chi connectivity index (χ3v) is 2.13. The van der Waals surface area contributed by atoms with Crippen molar-refractivity contribution >= 4 is 0 Å². The Hall–Kier alpha value is -0.970. The first-order valence-corrected chi connectivity index (χ1v) is 4.79. The zero-order valence-electron chi connectivity index (χ0n) is 8.46. The lowest BCUT2D eigenvalue weighted by molar-refractivity contribution is -0.135. The van der Waals surface area contributed by atoms with Crippen LogP contribution in [0.3, 0.4) is 0 Å².